The maximum Gasteiger partial charge on any atom is 0.0599 e. The fraction of sp³-hybridized carbons (Fsp3) is 0.667. The van der Waals surface area contributed by atoms with Crippen LogP contribution in [0.3, 0.4) is 0 Å². The van der Waals surface area contributed by atoms with Crippen LogP contribution in [0.2, 0.25) is 0 Å². The van der Waals surface area contributed by atoms with E-state index >= 15 is 0 Å². The molecule has 1 aromatic heterocycles. The van der Waals surface area contributed by atoms with Gasteiger partial charge in [-0.05, 0) is 39.4 Å². The third kappa shape index (κ3) is 3.45. The van der Waals surface area contributed by atoms with Crippen LogP contribution >= 0.6 is 0 Å². The highest BCUT2D eigenvalue weighted by Crippen LogP contribution is 2.23. The van der Waals surface area contributed by atoms with Gasteiger partial charge in [-0.25, -0.2) is 0 Å². The summed E-state index contributed by atoms with van der Waals surface area (Å²) in [5.41, 5.74) is 2.89. The summed E-state index contributed by atoms with van der Waals surface area (Å²) < 4.78 is 0. The molecule has 4 nitrogen and oxygen atoms in total. The lowest BCUT2D eigenvalue weighted by Crippen LogP contribution is -2.53. The third-order valence-electron chi connectivity index (χ3n) is 3.82. The first-order valence-corrected chi connectivity index (χ1v) is 7.10. The van der Waals surface area contributed by atoms with E-state index < -0.39 is 0 Å². The van der Waals surface area contributed by atoms with E-state index in [0.717, 1.165) is 32.7 Å². The molecule has 1 saturated heterocycles. The molecule has 19 heavy (non-hydrogen) atoms. The van der Waals surface area contributed by atoms with Crippen LogP contribution in [0, 0.1) is 0 Å². The number of hydrogen-bond donors (Lipinski definition) is 1. The SMILES string of the molecule is CNCc1ccncc1N1CCN(C(C)(C)C)CC1. The first-order valence-electron chi connectivity index (χ1n) is 7.10. The van der Waals surface area contributed by atoms with E-state index in [1.807, 2.05) is 19.4 Å². The maximum absolute atomic E-state index is 4.29. The Morgan fingerprint density at radius 1 is 1.21 bits per heavy atom. The van der Waals surface area contributed by atoms with Gasteiger partial charge in [0.25, 0.3) is 0 Å². The van der Waals surface area contributed by atoms with Gasteiger partial charge in [-0.2, -0.15) is 0 Å². The van der Waals surface area contributed by atoms with Crippen molar-refractivity contribution in [2.24, 2.45) is 0 Å². The highest BCUT2D eigenvalue weighted by Gasteiger charge is 2.26. The van der Waals surface area contributed by atoms with Crippen LogP contribution < -0.4 is 10.2 Å². The Labute approximate surface area is 116 Å². The number of nitrogens with one attached hydrogen (secondary N) is 1. The molecule has 0 bridgehead atoms. The number of anilines is 1. The molecule has 1 fully saturated rings. The zero-order chi connectivity index (χ0) is 13.9. The van der Waals surface area contributed by atoms with Crippen LogP contribution in [0.5, 0.6) is 0 Å². The molecular formula is C15H26N4. The van der Waals surface area contributed by atoms with Crippen molar-refractivity contribution in [3.05, 3.63) is 24.0 Å². The van der Waals surface area contributed by atoms with Crippen molar-refractivity contribution >= 4 is 5.69 Å². The van der Waals surface area contributed by atoms with Crippen LogP contribution in [0.25, 0.3) is 0 Å². The number of piperazine rings is 1. The van der Waals surface area contributed by atoms with Crippen molar-refractivity contribution in [3.63, 3.8) is 0 Å². The number of pyridine rings is 1. The average Bonchev–Trinajstić information content (AvgIpc) is 2.39. The highest BCUT2D eigenvalue weighted by atomic mass is 15.3. The first-order chi connectivity index (χ1) is 9.02. The second-order valence-corrected chi connectivity index (χ2v) is 6.18. The molecule has 2 heterocycles. The lowest BCUT2D eigenvalue weighted by molar-refractivity contribution is 0.128. The van der Waals surface area contributed by atoms with Gasteiger partial charge in [0.2, 0.25) is 0 Å². The number of rotatable bonds is 3. The van der Waals surface area contributed by atoms with Gasteiger partial charge in [-0.1, -0.05) is 0 Å². The second-order valence-electron chi connectivity index (χ2n) is 6.18. The summed E-state index contributed by atoms with van der Waals surface area (Å²) in [4.78, 5) is 9.30. The van der Waals surface area contributed by atoms with E-state index in [4.69, 9.17) is 0 Å². The summed E-state index contributed by atoms with van der Waals surface area (Å²) >= 11 is 0. The Morgan fingerprint density at radius 2 is 1.89 bits per heavy atom. The van der Waals surface area contributed by atoms with Gasteiger partial charge < -0.3 is 10.2 Å². The van der Waals surface area contributed by atoms with E-state index in [1.165, 1.54) is 11.3 Å². The molecule has 0 aliphatic carbocycles. The van der Waals surface area contributed by atoms with E-state index in [2.05, 4.69) is 46.9 Å². The zero-order valence-corrected chi connectivity index (χ0v) is 12.6. The molecular weight excluding hydrogens is 236 g/mol. The van der Waals surface area contributed by atoms with Crippen LogP contribution in [0.1, 0.15) is 26.3 Å². The van der Waals surface area contributed by atoms with Crippen molar-refractivity contribution in [2.45, 2.75) is 32.9 Å². The topological polar surface area (TPSA) is 31.4 Å². The fourth-order valence-electron chi connectivity index (χ4n) is 2.66. The molecule has 106 valence electrons. The van der Waals surface area contributed by atoms with Gasteiger partial charge in [-0.15, -0.1) is 0 Å². The molecule has 1 aromatic rings. The molecule has 0 aromatic carbocycles. The summed E-state index contributed by atoms with van der Waals surface area (Å²) in [5, 5.41) is 3.23. The van der Waals surface area contributed by atoms with Crippen LogP contribution in [-0.2, 0) is 6.54 Å². The van der Waals surface area contributed by atoms with Gasteiger partial charge >= 0.3 is 0 Å². The zero-order valence-electron chi connectivity index (χ0n) is 12.6. The van der Waals surface area contributed by atoms with Gasteiger partial charge in [0, 0.05) is 44.5 Å². The molecule has 0 radical (unpaired) electrons. The van der Waals surface area contributed by atoms with Gasteiger partial charge in [0.15, 0.2) is 0 Å². The van der Waals surface area contributed by atoms with Gasteiger partial charge in [-0.3, -0.25) is 9.88 Å². The smallest absolute Gasteiger partial charge is 0.0599 e. The van der Waals surface area contributed by atoms with Crippen molar-refractivity contribution in [1.29, 1.82) is 0 Å². The monoisotopic (exact) mass is 262 g/mol. The van der Waals surface area contributed by atoms with E-state index in [0.29, 0.717) is 0 Å². The minimum absolute atomic E-state index is 0.273. The largest absolute Gasteiger partial charge is 0.367 e. The van der Waals surface area contributed by atoms with E-state index in [-0.39, 0.29) is 5.54 Å². The molecule has 1 aliphatic heterocycles. The molecule has 0 atom stereocenters. The van der Waals surface area contributed by atoms with Crippen LogP contribution in [0.15, 0.2) is 18.5 Å². The normalized spacial score (nSPS) is 17.8. The Kier molecular flexibility index (Phi) is 4.42. The van der Waals surface area contributed by atoms with Gasteiger partial charge in [0.05, 0.1) is 11.9 Å². The molecule has 0 spiro atoms. The third-order valence-corrected chi connectivity index (χ3v) is 3.82. The minimum atomic E-state index is 0.273. The van der Waals surface area contributed by atoms with Crippen molar-refractivity contribution in [3.8, 4) is 0 Å². The van der Waals surface area contributed by atoms with Crippen molar-refractivity contribution in [2.75, 3.05) is 38.1 Å². The second kappa shape index (κ2) is 5.88. The van der Waals surface area contributed by atoms with E-state index in [9.17, 15) is 0 Å². The highest BCUT2D eigenvalue weighted by molar-refractivity contribution is 5.52. The summed E-state index contributed by atoms with van der Waals surface area (Å²) in [6, 6.07) is 2.11. The fourth-order valence-corrected chi connectivity index (χ4v) is 2.66. The summed E-state index contributed by atoms with van der Waals surface area (Å²) in [6.45, 7) is 12.2. The standard InChI is InChI=1S/C15H26N4/c1-15(2,3)19-9-7-18(8-10-19)14-12-17-6-5-13(14)11-16-4/h5-6,12,16H,7-11H2,1-4H3. The Hall–Kier alpha value is -1.13. The maximum atomic E-state index is 4.29. The van der Waals surface area contributed by atoms with E-state index in [1.54, 1.807) is 0 Å². The number of hydrogen-bond acceptors (Lipinski definition) is 4. The Morgan fingerprint density at radius 3 is 2.47 bits per heavy atom. The minimum Gasteiger partial charge on any atom is -0.367 e. The summed E-state index contributed by atoms with van der Waals surface area (Å²) in [6.07, 6.45) is 3.88. The molecule has 0 unspecified atom stereocenters. The molecule has 0 saturated carbocycles. The predicted molar refractivity (Wildman–Crippen MR) is 80.5 cm³/mol. The molecule has 1 aliphatic rings. The average molecular weight is 262 g/mol. The van der Waals surface area contributed by atoms with Crippen LogP contribution in [0.4, 0.5) is 5.69 Å². The molecule has 2 rings (SSSR count). The number of nitrogens with zero attached hydrogens (tertiary/aromatic N) is 3. The Bertz CT molecular complexity index is 403. The summed E-state index contributed by atoms with van der Waals surface area (Å²) in [5.74, 6) is 0. The molecule has 4 heteroatoms. The van der Waals surface area contributed by atoms with Crippen LogP contribution in [-0.4, -0.2) is 48.6 Å². The first kappa shape index (κ1) is 14.3. The number of aromatic nitrogens is 1. The quantitative estimate of drug-likeness (QED) is 0.899. The molecule has 1 N–H and O–H groups in total. The predicted octanol–water partition coefficient (Wildman–Crippen LogP) is 1.72. The Balaban J connectivity index is 2.05. The van der Waals surface area contributed by atoms with Gasteiger partial charge in [0.1, 0.15) is 0 Å². The molecule has 0 amide bonds. The van der Waals surface area contributed by atoms with Crippen molar-refractivity contribution < 1.29 is 0 Å². The lowest BCUT2D eigenvalue weighted by atomic mass is 10.0. The lowest BCUT2D eigenvalue weighted by Gasteiger charge is -2.43. The summed E-state index contributed by atoms with van der Waals surface area (Å²) in [7, 11) is 1.99. The van der Waals surface area contributed by atoms with Crippen molar-refractivity contribution in [1.82, 2.24) is 15.2 Å².